The van der Waals surface area contributed by atoms with Crippen molar-refractivity contribution in [1.82, 2.24) is 15.1 Å². The first-order chi connectivity index (χ1) is 15.6. The van der Waals surface area contributed by atoms with Crippen LogP contribution < -0.4 is 15.3 Å². The third-order valence-electron chi connectivity index (χ3n) is 5.33. The minimum atomic E-state index is -0.478. The Morgan fingerprint density at radius 2 is 1.84 bits per heavy atom. The third kappa shape index (κ3) is 3.58. The van der Waals surface area contributed by atoms with Crippen molar-refractivity contribution in [1.29, 1.82) is 0 Å². The molecule has 2 aromatic carbocycles. The Labute approximate surface area is 184 Å². The van der Waals surface area contributed by atoms with Crippen LogP contribution in [-0.2, 0) is 4.79 Å². The maximum atomic E-state index is 13.4. The largest absolute Gasteiger partial charge is 0.508 e. The first-order valence-corrected chi connectivity index (χ1v) is 10.2. The molecule has 5 rings (SSSR count). The predicted octanol–water partition coefficient (Wildman–Crippen LogP) is 3.39. The van der Waals surface area contributed by atoms with E-state index in [1.54, 1.807) is 48.8 Å². The van der Waals surface area contributed by atoms with Crippen LogP contribution in [0.15, 0.2) is 90.4 Å². The zero-order valence-electron chi connectivity index (χ0n) is 17.3. The second-order valence-corrected chi connectivity index (χ2v) is 7.49. The normalized spacial score (nSPS) is 15.1. The number of aromatic amines is 1. The number of aromatic nitrogens is 4. The lowest BCUT2D eigenvalue weighted by Crippen LogP contribution is -2.50. The van der Waals surface area contributed by atoms with Gasteiger partial charge in [-0.05, 0) is 53.9 Å². The van der Waals surface area contributed by atoms with E-state index in [4.69, 9.17) is 4.98 Å². The topological polar surface area (TPSA) is 107 Å². The van der Waals surface area contributed by atoms with Crippen LogP contribution in [0.3, 0.4) is 0 Å². The summed E-state index contributed by atoms with van der Waals surface area (Å²) >= 11 is 0. The molecule has 0 saturated carbocycles. The van der Waals surface area contributed by atoms with Gasteiger partial charge >= 0.3 is 5.95 Å². The number of rotatable bonds is 4. The van der Waals surface area contributed by atoms with Crippen molar-refractivity contribution in [2.75, 3.05) is 10.6 Å². The smallest absolute Gasteiger partial charge is 0.417 e. The summed E-state index contributed by atoms with van der Waals surface area (Å²) < 4.78 is 1.83. The fourth-order valence-corrected chi connectivity index (χ4v) is 3.82. The number of carbonyl (C=O) groups excluding carboxylic acids is 1. The van der Waals surface area contributed by atoms with Crippen LogP contribution in [0.1, 0.15) is 18.5 Å². The number of carbonyl (C=O) groups is 1. The number of nitrogens with zero attached hydrogens (tertiary/aromatic N) is 3. The van der Waals surface area contributed by atoms with Gasteiger partial charge in [0.1, 0.15) is 5.75 Å². The van der Waals surface area contributed by atoms with E-state index in [0.29, 0.717) is 28.7 Å². The molecule has 32 heavy (non-hydrogen) atoms. The Hall–Kier alpha value is -4.46. The summed E-state index contributed by atoms with van der Waals surface area (Å²) in [5, 5.41) is 19.3. The number of nitrogens with one attached hydrogen (secondary N) is 3. The van der Waals surface area contributed by atoms with Gasteiger partial charge in [-0.3, -0.25) is 9.78 Å². The number of hydrogen-bond donors (Lipinski definition) is 4. The lowest BCUT2D eigenvalue weighted by Gasteiger charge is -2.24. The number of allylic oxidation sites excluding steroid dienone is 1. The Bertz CT molecular complexity index is 1300. The quantitative estimate of drug-likeness (QED) is 0.375. The highest BCUT2D eigenvalue weighted by molar-refractivity contribution is 6.05. The zero-order valence-corrected chi connectivity index (χ0v) is 17.3. The van der Waals surface area contributed by atoms with E-state index in [1.165, 1.54) is 0 Å². The first-order valence-electron chi connectivity index (χ1n) is 10.2. The van der Waals surface area contributed by atoms with Gasteiger partial charge in [0.15, 0.2) is 6.04 Å². The van der Waals surface area contributed by atoms with Crippen molar-refractivity contribution >= 4 is 17.5 Å². The molecule has 3 heterocycles. The maximum absolute atomic E-state index is 13.4. The lowest BCUT2D eigenvalue weighted by molar-refractivity contribution is -0.746. The number of H-pyrrole nitrogens is 1. The molecule has 1 aliphatic rings. The number of benzene rings is 2. The van der Waals surface area contributed by atoms with E-state index < -0.39 is 6.04 Å². The number of aromatic hydroxyl groups is 1. The standard InChI is InChI=1S/C24H20N6O2/c1-15-20(23(32)27-18-8-5-13-25-14-18)21(16-9-11-19(31)12-10-16)30-24(26-15)28-22(29-30)17-6-3-2-4-7-17/h2-14,21H,1H3,(H3,26,27,28,29,31,32)/p+1. The van der Waals surface area contributed by atoms with E-state index in [2.05, 4.69) is 20.7 Å². The number of hydrogen-bond acceptors (Lipinski definition) is 5. The second-order valence-electron chi connectivity index (χ2n) is 7.49. The van der Waals surface area contributed by atoms with Crippen molar-refractivity contribution in [2.45, 2.75) is 13.0 Å². The Kier molecular flexibility index (Phi) is 4.87. The summed E-state index contributed by atoms with van der Waals surface area (Å²) in [6.45, 7) is 1.85. The molecule has 1 atom stereocenters. The van der Waals surface area contributed by atoms with Gasteiger partial charge < -0.3 is 10.4 Å². The molecule has 0 saturated heterocycles. The van der Waals surface area contributed by atoms with Gasteiger partial charge in [-0.25, -0.2) is 10.4 Å². The maximum Gasteiger partial charge on any atom is 0.417 e. The van der Waals surface area contributed by atoms with Gasteiger partial charge in [-0.15, -0.1) is 4.68 Å². The number of phenols is 1. The van der Waals surface area contributed by atoms with E-state index in [1.807, 2.05) is 41.9 Å². The van der Waals surface area contributed by atoms with Crippen molar-refractivity contribution in [3.63, 3.8) is 0 Å². The third-order valence-corrected chi connectivity index (χ3v) is 5.33. The summed E-state index contributed by atoms with van der Waals surface area (Å²) in [7, 11) is 0. The molecule has 4 N–H and O–H groups in total. The Morgan fingerprint density at radius 3 is 2.56 bits per heavy atom. The van der Waals surface area contributed by atoms with Crippen LogP contribution in [0, 0.1) is 0 Å². The number of amides is 1. The fraction of sp³-hybridized carbons (Fsp3) is 0.0833. The SMILES string of the molecule is CC1=C(C(=O)Nc2cccnc2)C(c2ccc(O)cc2)[n+]2[nH]c(-c3ccccc3)nc2N1. The average Bonchev–Trinajstić information content (AvgIpc) is 3.23. The van der Waals surface area contributed by atoms with Crippen molar-refractivity contribution in [3.8, 4) is 17.1 Å². The van der Waals surface area contributed by atoms with Crippen LogP contribution in [-0.4, -0.2) is 26.1 Å². The Balaban J connectivity index is 1.60. The molecular formula is C24H21N6O2+. The zero-order chi connectivity index (χ0) is 22.1. The van der Waals surface area contributed by atoms with E-state index in [-0.39, 0.29) is 11.7 Å². The van der Waals surface area contributed by atoms with Crippen LogP contribution in [0.25, 0.3) is 11.4 Å². The van der Waals surface area contributed by atoms with Crippen molar-refractivity contribution < 1.29 is 14.6 Å². The average molecular weight is 425 g/mol. The highest BCUT2D eigenvalue weighted by Gasteiger charge is 2.39. The molecular weight excluding hydrogens is 404 g/mol. The number of anilines is 2. The van der Waals surface area contributed by atoms with Gasteiger partial charge in [0.2, 0.25) is 5.82 Å². The molecule has 0 spiro atoms. The summed E-state index contributed by atoms with van der Waals surface area (Å²) in [4.78, 5) is 22.2. The van der Waals surface area contributed by atoms with Crippen LogP contribution in [0.5, 0.6) is 5.75 Å². The highest BCUT2D eigenvalue weighted by Crippen LogP contribution is 2.32. The summed E-state index contributed by atoms with van der Waals surface area (Å²) in [6, 6.07) is 19.7. The summed E-state index contributed by atoms with van der Waals surface area (Å²) in [5.74, 6) is 1.18. The van der Waals surface area contributed by atoms with Crippen LogP contribution >= 0.6 is 0 Å². The molecule has 0 aliphatic carbocycles. The predicted molar refractivity (Wildman–Crippen MR) is 120 cm³/mol. The lowest BCUT2D eigenvalue weighted by atomic mass is 9.95. The van der Waals surface area contributed by atoms with Gasteiger partial charge in [0.25, 0.3) is 5.91 Å². The second kappa shape index (κ2) is 7.99. The van der Waals surface area contributed by atoms with Crippen molar-refractivity contribution in [3.05, 3.63) is 96.0 Å². The number of fused-ring (bicyclic) bond motifs is 1. The van der Waals surface area contributed by atoms with Crippen LogP contribution in [0.4, 0.5) is 11.6 Å². The fourth-order valence-electron chi connectivity index (χ4n) is 3.82. The van der Waals surface area contributed by atoms with E-state index in [0.717, 1.165) is 11.1 Å². The molecule has 1 unspecified atom stereocenters. The van der Waals surface area contributed by atoms with Gasteiger partial charge in [-0.2, -0.15) is 0 Å². The molecule has 0 fully saturated rings. The first kappa shape index (κ1) is 19.5. The molecule has 158 valence electrons. The van der Waals surface area contributed by atoms with Crippen molar-refractivity contribution in [2.24, 2.45) is 0 Å². The number of phenolic OH excluding ortho intramolecular Hbond substituents is 1. The molecule has 8 heteroatoms. The van der Waals surface area contributed by atoms with Crippen LogP contribution in [0.2, 0.25) is 0 Å². The molecule has 2 aromatic heterocycles. The highest BCUT2D eigenvalue weighted by atomic mass is 16.3. The van der Waals surface area contributed by atoms with Gasteiger partial charge in [-0.1, -0.05) is 30.3 Å². The minimum absolute atomic E-state index is 0.157. The summed E-state index contributed by atoms with van der Waals surface area (Å²) in [6.07, 6.45) is 3.25. The monoisotopic (exact) mass is 425 g/mol. The molecule has 1 amide bonds. The molecule has 0 radical (unpaired) electrons. The molecule has 4 aromatic rings. The number of pyridine rings is 1. The molecule has 0 bridgehead atoms. The van der Waals surface area contributed by atoms with Gasteiger partial charge in [0, 0.05) is 11.8 Å². The van der Waals surface area contributed by atoms with Gasteiger partial charge in [0.05, 0.1) is 23.2 Å². The van der Waals surface area contributed by atoms with E-state index in [9.17, 15) is 9.90 Å². The minimum Gasteiger partial charge on any atom is -0.508 e. The molecule has 1 aliphatic heterocycles. The summed E-state index contributed by atoms with van der Waals surface area (Å²) in [5.41, 5.74) is 3.58. The van der Waals surface area contributed by atoms with E-state index >= 15 is 0 Å². The molecule has 8 nitrogen and oxygen atoms in total. The Morgan fingerprint density at radius 1 is 1.06 bits per heavy atom.